The van der Waals surface area contributed by atoms with Gasteiger partial charge in [0.1, 0.15) is 23.2 Å². The highest BCUT2D eigenvalue weighted by atomic mass is 16.6. The van der Waals surface area contributed by atoms with E-state index in [4.69, 9.17) is 23.7 Å². The van der Waals surface area contributed by atoms with Gasteiger partial charge in [0.25, 0.3) is 0 Å². The van der Waals surface area contributed by atoms with Gasteiger partial charge in [-0.3, -0.25) is 0 Å². The van der Waals surface area contributed by atoms with Gasteiger partial charge < -0.3 is 23.7 Å². The number of hydrogen-bond acceptors (Lipinski definition) is 5. The molecule has 0 aliphatic heterocycles. The second-order valence-electron chi connectivity index (χ2n) is 17.6. The van der Waals surface area contributed by atoms with Gasteiger partial charge in [-0.2, -0.15) is 0 Å². The molecule has 0 fully saturated rings. The maximum atomic E-state index is 7.26. The lowest BCUT2D eigenvalue weighted by atomic mass is 9.80. The molecular weight excluding hydrogens is 801 g/mol. The molecule has 0 aliphatic rings. The molecule has 1 unspecified atom stereocenters. The predicted molar refractivity (Wildman–Crippen MR) is 278 cm³/mol. The molecule has 65 heavy (non-hydrogen) atoms. The van der Waals surface area contributed by atoms with Crippen molar-refractivity contribution in [2.75, 3.05) is 40.6 Å². The van der Waals surface area contributed by atoms with Crippen molar-refractivity contribution in [3.05, 3.63) is 144 Å². The lowest BCUT2D eigenvalue weighted by molar-refractivity contribution is -0.0923. The van der Waals surface area contributed by atoms with Crippen molar-refractivity contribution in [1.29, 1.82) is 0 Å². The molecule has 0 spiro atoms. The van der Waals surface area contributed by atoms with Crippen LogP contribution in [-0.4, -0.2) is 46.8 Å². The molecule has 0 amide bonds. The van der Waals surface area contributed by atoms with E-state index >= 15 is 0 Å². The summed E-state index contributed by atoms with van der Waals surface area (Å²) >= 11 is 0. The van der Waals surface area contributed by atoms with E-state index in [0.717, 1.165) is 60.5 Å². The molecule has 5 nitrogen and oxygen atoms in total. The van der Waals surface area contributed by atoms with Gasteiger partial charge in [-0.15, -0.1) is 0 Å². The summed E-state index contributed by atoms with van der Waals surface area (Å²) in [5, 5.41) is 0. The largest absolute Gasteiger partial charge is 0.497 e. The molecule has 0 saturated carbocycles. The van der Waals surface area contributed by atoms with Gasteiger partial charge in [0.2, 0.25) is 0 Å². The molecule has 0 saturated heterocycles. The Labute approximate surface area is 398 Å². The van der Waals surface area contributed by atoms with Crippen LogP contribution in [-0.2, 0) is 19.8 Å². The third-order valence-corrected chi connectivity index (χ3v) is 12.2. The highest BCUT2D eigenvalue weighted by Gasteiger charge is 2.38. The number of methoxy groups -OCH3 is 2. The summed E-state index contributed by atoms with van der Waals surface area (Å²) < 4.78 is 31.4. The van der Waals surface area contributed by atoms with Crippen molar-refractivity contribution < 1.29 is 23.7 Å². The van der Waals surface area contributed by atoms with Crippen LogP contribution in [0.4, 0.5) is 0 Å². The van der Waals surface area contributed by atoms with Crippen LogP contribution in [0, 0.1) is 0 Å². The zero-order valence-electron chi connectivity index (χ0n) is 41.5. The van der Waals surface area contributed by atoms with E-state index in [2.05, 4.69) is 117 Å². The van der Waals surface area contributed by atoms with Crippen molar-refractivity contribution in [3.63, 3.8) is 0 Å². The number of allylic oxidation sites excluding steroid dienone is 8. The van der Waals surface area contributed by atoms with Crippen molar-refractivity contribution in [2.45, 2.75) is 180 Å². The monoisotopic (exact) mass is 891 g/mol. The molecule has 0 aliphatic carbocycles. The van der Waals surface area contributed by atoms with E-state index in [1.807, 2.05) is 24.3 Å². The first kappa shape index (κ1) is 55.4. The Bertz CT molecular complexity index is 1590. The van der Waals surface area contributed by atoms with Crippen LogP contribution >= 0.6 is 0 Å². The van der Waals surface area contributed by atoms with Crippen LogP contribution in [0.1, 0.15) is 185 Å². The molecule has 0 bridgehead atoms. The van der Waals surface area contributed by atoms with Crippen LogP contribution in [0.15, 0.2) is 127 Å². The Kier molecular flexibility index (Phi) is 32.6. The molecule has 0 N–H and O–H groups in total. The molecule has 5 heteroatoms. The van der Waals surface area contributed by atoms with Crippen LogP contribution in [0.2, 0.25) is 0 Å². The van der Waals surface area contributed by atoms with Gasteiger partial charge >= 0.3 is 0 Å². The Hall–Kier alpha value is -3.90. The van der Waals surface area contributed by atoms with E-state index < -0.39 is 5.60 Å². The van der Waals surface area contributed by atoms with Gasteiger partial charge in [0.05, 0.1) is 27.4 Å². The average Bonchev–Trinajstić information content (AvgIpc) is 3.35. The van der Waals surface area contributed by atoms with Crippen LogP contribution in [0.3, 0.4) is 0 Å². The maximum Gasteiger partial charge on any atom is 0.143 e. The van der Waals surface area contributed by atoms with Crippen LogP contribution < -0.4 is 9.47 Å². The third kappa shape index (κ3) is 24.4. The number of ether oxygens (including phenoxy) is 5. The summed E-state index contributed by atoms with van der Waals surface area (Å²) in [6.07, 6.45) is 48.0. The van der Waals surface area contributed by atoms with Crippen molar-refractivity contribution in [3.8, 4) is 11.5 Å². The van der Waals surface area contributed by atoms with Crippen molar-refractivity contribution in [2.24, 2.45) is 0 Å². The molecule has 3 aromatic rings. The number of rotatable bonds is 41. The maximum absolute atomic E-state index is 7.26. The van der Waals surface area contributed by atoms with E-state index in [1.54, 1.807) is 14.2 Å². The van der Waals surface area contributed by atoms with E-state index in [9.17, 15) is 0 Å². The fraction of sp³-hybridized carbons (Fsp3) is 0.567. The van der Waals surface area contributed by atoms with Crippen molar-refractivity contribution in [1.82, 2.24) is 0 Å². The summed E-state index contributed by atoms with van der Waals surface area (Å²) in [5.74, 6) is 1.61. The summed E-state index contributed by atoms with van der Waals surface area (Å²) in [5.41, 5.74) is 2.17. The summed E-state index contributed by atoms with van der Waals surface area (Å²) in [6.45, 7) is 6.83. The topological polar surface area (TPSA) is 46.2 Å². The first-order chi connectivity index (χ1) is 32.2. The lowest BCUT2D eigenvalue weighted by Crippen LogP contribution is -2.37. The van der Waals surface area contributed by atoms with E-state index in [-0.39, 0.29) is 6.10 Å². The smallest absolute Gasteiger partial charge is 0.143 e. The van der Waals surface area contributed by atoms with Crippen molar-refractivity contribution >= 4 is 0 Å². The Morgan fingerprint density at radius 2 is 0.815 bits per heavy atom. The number of benzene rings is 3. The minimum Gasteiger partial charge on any atom is -0.497 e. The number of unbranched alkanes of at least 4 members (excludes halogenated alkanes) is 18. The molecule has 1 atom stereocenters. The third-order valence-electron chi connectivity index (χ3n) is 12.2. The van der Waals surface area contributed by atoms with Crippen LogP contribution in [0.25, 0.3) is 0 Å². The fourth-order valence-electron chi connectivity index (χ4n) is 8.18. The highest BCUT2D eigenvalue weighted by molar-refractivity contribution is 5.49. The summed E-state index contributed by atoms with van der Waals surface area (Å²) in [7, 11) is 3.40. The molecule has 360 valence electrons. The van der Waals surface area contributed by atoms with Crippen LogP contribution in [0.5, 0.6) is 11.5 Å². The first-order valence-electron chi connectivity index (χ1n) is 26.0. The van der Waals surface area contributed by atoms with Gasteiger partial charge in [0, 0.05) is 13.2 Å². The molecule has 3 aromatic carbocycles. The standard InChI is InChI=1S/C60H90O5/c1-5-7-9-11-13-15-17-19-21-23-25-27-29-31-33-38-50-63-52-59(64-51-39-34-32-30-28-26-24-22-20-18-16-14-12-10-8-6-2)53-65-60(54-40-36-35-37-41-54,55-42-46-57(61-3)47-43-55)56-44-48-58(62-4)49-45-56/h13-16,19-22,35-37,40-49,59H,5-12,17-18,23-34,38-39,50-53H2,1-4H3/b15-13-,16-14-,21-19-,22-20-. The Morgan fingerprint density at radius 1 is 0.415 bits per heavy atom. The minimum absolute atomic E-state index is 0.211. The zero-order chi connectivity index (χ0) is 46.1. The van der Waals surface area contributed by atoms with Gasteiger partial charge in [-0.05, 0) is 118 Å². The molecule has 0 heterocycles. The minimum atomic E-state index is -0.901. The Morgan fingerprint density at radius 3 is 1.26 bits per heavy atom. The van der Waals surface area contributed by atoms with Gasteiger partial charge in [-0.1, -0.05) is 194 Å². The lowest BCUT2D eigenvalue weighted by Gasteiger charge is -2.37. The predicted octanol–water partition coefficient (Wildman–Crippen LogP) is 17.0. The Balaban J connectivity index is 1.53. The van der Waals surface area contributed by atoms with E-state index in [1.165, 1.54) is 128 Å². The average molecular weight is 891 g/mol. The first-order valence-corrected chi connectivity index (χ1v) is 26.0. The quantitative estimate of drug-likeness (QED) is 0.0323. The number of hydrogen-bond donors (Lipinski definition) is 0. The molecule has 3 rings (SSSR count). The molecule has 0 aromatic heterocycles. The SMILES string of the molecule is CCCCC/C=C\C/C=C\CCCCCCCCOCC(COC(c1ccccc1)(c1ccc(OC)cc1)c1ccc(OC)cc1)OCCCCCCCC/C=C\C/C=C\CCCCC. The molecule has 0 radical (unpaired) electrons. The molecular formula is C60H90O5. The summed E-state index contributed by atoms with van der Waals surface area (Å²) in [4.78, 5) is 0. The second kappa shape index (κ2) is 38.2. The highest BCUT2D eigenvalue weighted by Crippen LogP contribution is 2.42. The van der Waals surface area contributed by atoms with E-state index in [0.29, 0.717) is 19.8 Å². The fourth-order valence-corrected chi connectivity index (χ4v) is 8.18. The summed E-state index contributed by atoms with van der Waals surface area (Å²) in [6, 6.07) is 27.0. The zero-order valence-corrected chi connectivity index (χ0v) is 41.5. The second-order valence-corrected chi connectivity index (χ2v) is 17.6. The van der Waals surface area contributed by atoms with Gasteiger partial charge in [-0.25, -0.2) is 0 Å². The van der Waals surface area contributed by atoms with Gasteiger partial charge in [0.15, 0.2) is 0 Å². The normalized spacial score (nSPS) is 12.7.